The van der Waals surface area contributed by atoms with Crippen molar-refractivity contribution in [2.45, 2.75) is 25.5 Å². The maximum absolute atomic E-state index is 6.59. The highest BCUT2D eigenvalue weighted by atomic mass is 16.5. The summed E-state index contributed by atoms with van der Waals surface area (Å²) >= 11 is 0. The van der Waals surface area contributed by atoms with Crippen molar-refractivity contribution in [2.24, 2.45) is 5.92 Å². The lowest BCUT2D eigenvalue weighted by Crippen LogP contribution is -2.39. The van der Waals surface area contributed by atoms with Gasteiger partial charge in [0.25, 0.3) is 0 Å². The van der Waals surface area contributed by atoms with Crippen molar-refractivity contribution in [2.75, 3.05) is 26.2 Å². The van der Waals surface area contributed by atoms with Crippen LogP contribution < -0.4 is 9.47 Å². The SMILES string of the molecule is c1ccc(OCCN2CCC(C3Oc4ccccc4Cn4cccc43)CC2)cc1. The van der Waals surface area contributed by atoms with Crippen LogP contribution in [-0.2, 0) is 6.54 Å². The van der Waals surface area contributed by atoms with Crippen LogP contribution in [0.1, 0.15) is 30.2 Å². The lowest BCUT2D eigenvalue weighted by molar-refractivity contribution is 0.0691. The molecule has 4 nitrogen and oxygen atoms in total. The first-order valence-electron chi connectivity index (χ1n) is 10.7. The topological polar surface area (TPSA) is 26.6 Å². The maximum Gasteiger partial charge on any atom is 0.141 e. The Labute approximate surface area is 172 Å². The molecule has 0 aliphatic carbocycles. The molecule has 0 amide bonds. The van der Waals surface area contributed by atoms with Gasteiger partial charge in [0, 0.05) is 24.2 Å². The van der Waals surface area contributed by atoms with Gasteiger partial charge < -0.3 is 14.0 Å². The molecule has 2 aliphatic rings. The smallest absolute Gasteiger partial charge is 0.141 e. The number of likely N-dealkylation sites (tertiary alicyclic amines) is 1. The molecule has 1 saturated heterocycles. The lowest BCUT2D eigenvalue weighted by atomic mass is 9.89. The predicted molar refractivity (Wildman–Crippen MR) is 114 cm³/mol. The summed E-state index contributed by atoms with van der Waals surface area (Å²) in [4.78, 5) is 2.52. The van der Waals surface area contributed by atoms with Crippen molar-refractivity contribution in [3.63, 3.8) is 0 Å². The van der Waals surface area contributed by atoms with Gasteiger partial charge in [0.15, 0.2) is 0 Å². The van der Waals surface area contributed by atoms with E-state index in [2.05, 4.69) is 52.1 Å². The molecular weight excluding hydrogens is 360 g/mol. The minimum absolute atomic E-state index is 0.136. The number of aromatic nitrogens is 1. The molecule has 0 saturated carbocycles. The Balaban J connectivity index is 1.20. The van der Waals surface area contributed by atoms with E-state index >= 15 is 0 Å². The summed E-state index contributed by atoms with van der Waals surface area (Å²) in [6.45, 7) is 4.82. The summed E-state index contributed by atoms with van der Waals surface area (Å²) in [6, 6.07) is 22.9. The third-order valence-electron chi connectivity index (χ3n) is 6.20. The minimum atomic E-state index is 0.136. The minimum Gasteiger partial charge on any atom is -0.492 e. The van der Waals surface area contributed by atoms with Crippen molar-refractivity contribution >= 4 is 0 Å². The highest BCUT2D eigenvalue weighted by Gasteiger charge is 2.32. The Kier molecular flexibility index (Phi) is 5.27. The normalized spacial score (nSPS) is 19.7. The van der Waals surface area contributed by atoms with Gasteiger partial charge in [0.1, 0.15) is 24.2 Å². The molecule has 2 aromatic carbocycles. The fourth-order valence-electron chi connectivity index (χ4n) is 4.59. The van der Waals surface area contributed by atoms with E-state index in [4.69, 9.17) is 9.47 Å². The summed E-state index contributed by atoms with van der Waals surface area (Å²) in [7, 11) is 0. The Morgan fingerprint density at radius 3 is 2.55 bits per heavy atom. The van der Waals surface area contributed by atoms with Gasteiger partial charge in [0.2, 0.25) is 0 Å². The van der Waals surface area contributed by atoms with Crippen LogP contribution in [-0.4, -0.2) is 35.7 Å². The zero-order chi connectivity index (χ0) is 19.5. The number of fused-ring (bicyclic) bond motifs is 2. The van der Waals surface area contributed by atoms with Gasteiger partial charge in [-0.05, 0) is 56.3 Å². The van der Waals surface area contributed by atoms with Crippen molar-refractivity contribution in [3.8, 4) is 11.5 Å². The van der Waals surface area contributed by atoms with E-state index in [1.165, 1.54) is 11.3 Å². The number of benzene rings is 2. The van der Waals surface area contributed by atoms with Gasteiger partial charge >= 0.3 is 0 Å². The average molecular weight is 389 g/mol. The van der Waals surface area contributed by atoms with Gasteiger partial charge in [-0.2, -0.15) is 0 Å². The van der Waals surface area contributed by atoms with Crippen LogP contribution in [0.3, 0.4) is 0 Å². The number of nitrogens with zero attached hydrogens (tertiary/aromatic N) is 2. The van der Waals surface area contributed by atoms with E-state index in [9.17, 15) is 0 Å². The van der Waals surface area contributed by atoms with Crippen LogP contribution in [0, 0.1) is 5.92 Å². The van der Waals surface area contributed by atoms with Gasteiger partial charge in [-0.25, -0.2) is 0 Å². The molecule has 0 spiro atoms. The van der Waals surface area contributed by atoms with E-state index in [0.717, 1.165) is 57.1 Å². The van der Waals surface area contributed by atoms with E-state index in [1.807, 2.05) is 30.3 Å². The first-order valence-corrected chi connectivity index (χ1v) is 10.7. The van der Waals surface area contributed by atoms with Crippen LogP contribution in [0.25, 0.3) is 0 Å². The molecule has 1 aromatic heterocycles. The van der Waals surface area contributed by atoms with E-state index in [0.29, 0.717) is 5.92 Å². The summed E-state index contributed by atoms with van der Waals surface area (Å²) in [5.41, 5.74) is 2.58. The second kappa shape index (κ2) is 8.34. The predicted octanol–water partition coefficient (Wildman–Crippen LogP) is 4.76. The molecule has 1 atom stereocenters. The lowest BCUT2D eigenvalue weighted by Gasteiger charge is -2.35. The van der Waals surface area contributed by atoms with Crippen molar-refractivity contribution in [3.05, 3.63) is 84.2 Å². The average Bonchev–Trinajstić information content (AvgIpc) is 3.16. The molecule has 150 valence electrons. The standard InChI is InChI=1S/C25H28N2O2/c1-2-8-22(9-3-1)28-18-17-26-15-12-20(13-16-26)25-23-10-6-14-27(23)19-21-7-4-5-11-24(21)29-25/h1-11,14,20,25H,12-13,15-19H2. The van der Waals surface area contributed by atoms with Crippen LogP contribution in [0.4, 0.5) is 0 Å². The molecular formula is C25H28N2O2. The summed E-state index contributed by atoms with van der Waals surface area (Å²) in [5, 5.41) is 0. The van der Waals surface area contributed by atoms with Crippen LogP contribution >= 0.6 is 0 Å². The largest absolute Gasteiger partial charge is 0.492 e. The molecule has 4 heteroatoms. The van der Waals surface area contributed by atoms with E-state index in [-0.39, 0.29) is 6.10 Å². The Hall–Kier alpha value is -2.72. The van der Waals surface area contributed by atoms with Crippen molar-refractivity contribution in [1.29, 1.82) is 0 Å². The first-order chi connectivity index (χ1) is 14.4. The maximum atomic E-state index is 6.59. The van der Waals surface area contributed by atoms with Crippen molar-refractivity contribution in [1.82, 2.24) is 9.47 Å². The zero-order valence-electron chi connectivity index (χ0n) is 16.7. The molecule has 3 aromatic rings. The number of piperidine rings is 1. The molecule has 0 bridgehead atoms. The highest BCUT2D eigenvalue weighted by Crippen LogP contribution is 2.38. The molecule has 0 radical (unpaired) electrons. The number of rotatable bonds is 5. The highest BCUT2D eigenvalue weighted by molar-refractivity contribution is 5.36. The molecule has 1 unspecified atom stereocenters. The van der Waals surface area contributed by atoms with Gasteiger partial charge in [-0.3, -0.25) is 4.90 Å². The van der Waals surface area contributed by atoms with Gasteiger partial charge in [0.05, 0.1) is 12.2 Å². The fraction of sp³-hybridized carbons (Fsp3) is 0.360. The third-order valence-corrected chi connectivity index (χ3v) is 6.20. The molecule has 3 heterocycles. The Bertz CT molecular complexity index is 929. The second-order valence-electron chi connectivity index (χ2n) is 8.05. The second-order valence-corrected chi connectivity index (χ2v) is 8.05. The molecule has 2 aliphatic heterocycles. The summed E-state index contributed by atoms with van der Waals surface area (Å²) < 4.78 is 14.8. The number of hydrogen-bond acceptors (Lipinski definition) is 3. The van der Waals surface area contributed by atoms with Crippen LogP contribution in [0.15, 0.2) is 72.9 Å². The van der Waals surface area contributed by atoms with Crippen LogP contribution in [0.2, 0.25) is 0 Å². The first kappa shape index (κ1) is 18.3. The fourth-order valence-corrected chi connectivity index (χ4v) is 4.59. The van der Waals surface area contributed by atoms with Crippen molar-refractivity contribution < 1.29 is 9.47 Å². The zero-order valence-corrected chi connectivity index (χ0v) is 16.7. The summed E-state index contributed by atoms with van der Waals surface area (Å²) in [6.07, 6.45) is 4.63. The van der Waals surface area contributed by atoms with Gasteiger partial charge in [-0.1, -0.05) is 36.4 Å². The molecule has 29 heavy (non-hydrogen) atoms. The van der Waals surface area contributed by atoms with Crippen LogP contribution in [0.5, 0.6) is 11.5 Å². The van der Waals surface area contributed by atoms with Gasteiger partial charge in [-0.15, -0.1) is 0 Å². The number of hydrogen-bond donors (Lipinski definition) is 0. The Morgan fingerprint density at radius 1 is 0.897 bits per heavy atom. The summed E-state index contributed by atoms with van der Waals surface area (Å²) in [5.74, 6) is 2.54. The number of para-hydroxylation sites is 2. The molecule has 0 N–H and O–H groups in total. The van der Waals surface area contributed by atoms with E-state index < -0.39 is 0 Å². The quantitative estimate of drug-likeness (QED) is 0.630. The molecule has 1 fully saturated rings. The third kappa shape index (κ3) is 4.03. The monoisotopic (exact) mass is 388 g/mol. The molecule has 5 rings (SSSR count). The Morgan fingerprint density at radius 2 is 1.69 bits per heavy atom. The van der Waals surface area contributed by atoms with E-state index in [1.54, 1.807) is 0 Å². The number of ether oxygens (including phenoxy) is 2.